The van der Waals surface area contributed by atoms with Gasteiger partial charge in [-0.1, -0.05) is 24.3 Å². The molecular formula is C19H16N4O3. The van der Waals surface area contributed by atoms with Crippen molar-refractivity contribution in [2.75, 3.05) is 19.5 Å². The molecule has 0 saturated carbocycles. The standard InChI is InChI=1S/C19H16N4O3/c1-25-15-9-5-6-11(17(15)26-2)16-12(10-20)18(24)22-19-21-13-7-3-4-8-14(13)23(16)19/h3-9,12,16H,1-2H3,(H,21,22,24)/t12-,16+/m0/s1. The molecule has 2 atom stereocenters. The number of nitrogens with zero attached hydrogens (tertiary/aromatic N) is 3. The highest BCUT2D eigenvalue weighted by molar-refractivity contribution is 5.97. The summed E-state index contributed by atoms with van der Waals surface area (Å²) in [6, 6.07) is 14.5. The van der Waals surface area contributed by atoms with Crippen LogP contribution in [0.25, 0.3) is 11.0 Å². The van der Waals surface area contributed by atoms with Crippen LogP contribution in [0.3, 0.4) is 0 Å². The zero-order chi connectivity index (χ0) is 18.3. The fourth-order valence-electron chi connectivity index (χ4n) is 3.49. The molecule has 7 nitrogen and oxygen atoms in total. The third-order valence-corrected chi connectivity index (χ3v) is 4.60. The molecule has 0 aliphatic carbocycles. The number of carbonyl (C=O) groups is 1. The number of fused-ring (bicyclic) bond motifs is 3. The van der Waals surface area contributed by atoms with Crippen LogP contribution in [0.15, 0.2) is 42.5 Å². The lowest BCUT2D eigenvalue weighted by Gasteiger charge is -2.31. The van der Waals surface area contributed by atoms with Crippen molar-refractivity contribution in [2.45, 2.75) is 6.04 Å². The number of imidazole rings is 1. The molecule has 0 saturated heterocycles. The van der Waals surface area contributed by atoms with Crippen molar-refractivity contribution < 1.29 is 14.3 Å². The predicted octanol–water partition coefficient (Wildman–Crippen LogP) is 2.73. The lowest BCUT2D eigenvalue weighted by atomic mass is 9.90. The second kappa shape index (κ2) is 6.08. The Morgan fingerprint density at radius 2 is 1.96 bits per heavy atom. The first-order valence-corrected chi connectivity index (χ1v) is 8.08. The highest BCUT2D eigenvalue weighted by Gasteiger charge is 2.40. The van der Waals surface area contributed by atoms with E-state index in [1.165, 1.54) is 0 Å². The lowest BCUT2D eigenvalue weighted by molar-refractivity contribution is -0.119. The topological polar surface area (TPSA) is 89.2 Å². The van der Waals surface area contributed by atoms with E-state index in [1.807, 2.05) is 41.0 Å². The second-order valence-electron chi connectivity index (χ2n) is 5.92. The Kier molecular flexibility index (Phi) is 3.73. The molecule has 4 rings (SSSR count). The van der Waals surface area contributed by atoms with Crippen molar-refractivity contribution in [1.82, 2.24) is 9.55 Å². The minimum Gasteiger partial charge on any atom is -0.493 e. The lowest BCUT2D eigenvalue weighted by Crippen LogP contribution is -2.37. The number of ether oxygens (including phenoxy) is 2. The minimum absolute atomic E-state index is 0.384. The number of aromatic nitrogens is 2. The van der Waals surface area contributed by atoms with Crippen LogP contribution in [0.1, 0.15) is 11.6 Å². The molecule has 3 aromatic rings. The molecule has 0 bridgehead atoms. The van der Waals surface area contributed by atoms with Gasteiger partial charge in [0.1, 0.15) is 0 Å². The van der Waals surface area contributed by atoms with Gasteiger partial charge in [0.15, 0.2) is 17.4 Å². The molecule has 1 aliphatic heterocycles. The van der Waals surface area contributed by atoms with Gasteiger partial charge in [-0.3, -0.25) is 10.1 Å². The molecular weight excluding hydrogens is 332 g/mol. The van der Waals surface area contributed by atoms with Crippen LogP contribution in [-0.4, -0.2) is 29.7 Å². The van der Waals surface area contributed by atoms with Gasteiger partial charge < -0.3 is 14.0 Å². The third-order valence-electron chi connectivity index (χ3n) is 4.60. The smallest absolute Gasteiger partial charge is 0.246 e. The van der Waals surface area contributed by atoms with Crippen molar-refractivity contribution in [2.24, 2.45) is 5.92 Å². The van der Waals surface area contributed by atoms with Gasteiger partial charge >= 0.3 is 0 Å². The van der Waals surface area contributed by atoms with E-state index in [9.17, 15) is 10.1 Å². The Balaban J connectivity index is 2.04. The monoisotopic (exact) mass is 348 g/mol. The molecule has 130 valence electrons. The fourth-order valence-corrected chi connectivity index (χ4v) is 3.49. The van der Waals surface area contributed by atoms with Gasteiger partial charge in [-0.05, 0) is 18.2 Å². The van der Waals surface area contributed by atoms with E-state index in [-0.39, 0.29) is 5.91 Å². The number of carbonyl (C=O) groups excluding carboxylic acids is 1. The summed E-state index contributed by atoms with van der Waals surface area (Å²) in [6.45, 7) is 0. The SMILES string of the molecule is COc1cccc([C@@H]2[C@H](C#N)C(=O)Nc3nc4ccccc4n32)c1OC. The van der Waals surface area contributed by atoms with Gasteiger partial charge in [0.2, 0.25) is 11.9 Å². The molecule has 1 aliphatic rings. The van der Waals surface area contributed by atoms with Gasteiger partial charge in [0.05, 0.1) is 37.4 Å². The van der Waals surface area contributed by atoms with Crippen molar-refractivity contribution in [1.29, 1.82) is 5.26 Å². The molecule has 1 N–H and O–H groups in total. The summed E-state index contributed by atoms with van der Waals surface area (Å²) >= 11 is 0. The average Bonchev–Trinajstić information content (AvgIpc) is 3.03. The first-order valence-electron chi connectivity index (χ1n) is 8.08. The maximum atomic E-state index is 12.5. The van der Waals surface area contributed by atoms with Crippen LogP contribution in [0.4, 0.5) is 5.95 Å². The summed E-state index contributed by atoms with van der Waals surface area (Å²) in [7, 11) is 3.09. The van der Waals surface area contributed by atoms with E-state index in [2.05, 4.69) is 16.4 Å². The van der Waals surface area contributed by atoms with Gasteiger partial charge in [0.25, 0.3) is 0 Å². The van der Waals surface area contributed by atoms with E-state index in [4.69, 9.17) is 9.47 Å². The van der Waals surface area contributed by atoms with Crippen LogP contribution in [0, 0.1) is 17.2 Å². The number of nitrogens with one attached hydrogen (secondary N) is 1. The summed E-state index contributed by atoms with van der Waals surface area (Å²) in [5.74, 6) is 0.140. The third kappa shape index (κ3) is 2.19. The molecule has 0 fully saturated rings. The quantitative estimate of drug-likeness (QED) is 0.786. The summed E-state index contributed by atoms with van der Waals surface area (Å²) < 4.78 is 12.8. The average molecular weight is 348 g/mol. The molecule has 1 aromatic heterocycles. The van der Waals surface area contributed by atoms with E-state index < -0.39 is 12.0 Å². The van der Waals surface area contributed by atoms with Gasteiger partial charge in [-0.15, -0.1) is 0 Å². The normalized spacial score (nSPS) is 18.7. The van der Waals surface area contributed by atoms with Crippen LogP contribution < -0.4 is 14.8 Å². The first-order chi connectivity index (χ1) is 12.7. The van der Waals surface area contributed by atoms with Gasteiger partial charge in [-0.2, -0.15) is 5.26 Å². The zero-order valence-electron chi connectivity index (χ0n) is 14.3. The highest BCUT2D eigenvalue weighted by atomic mass is 16.5. The predicted molar refractivity (Wildman–Crippen MR) is 95.2 cm³/mol. The van der Waals surface area contributed by atoms with Crippen LogP contribution in [0.2, 0.25) is 0 Å². The Hall–Kier alpha value is -3.53. The second-order valence-corrected chi connectivity index (χ2v) is 5.92. The highest BCUT2D eigenvalue weighted by Crippen LogP contribution is 2.43. The molecule has 1 amide bonds. The molecule has 7 heteroatoms. The fraction of sp³-hybridized carbons (Fsp3) is 0.211. The summed E-state index contributed by atoms with van der Waals surface area (Å²) in [5, 5.41) is 12.4. The van der Waals surface area contributed by atoms with Gasteiger partial charge in [0, 0.05) is 5.56 Å². The maximum Gasteiger partial charge on any atom is 0.246 e. The summed E-state index contributed by atoms with van der Waals surface area (Å²) in [6.07, 6.45) is 0. The number of hydrogen-bond donors (Lipinski definition) is 1. The number of methoxy groups -OCH3 is 2. The Morgan fingerprint density at radius 3 is 2.69 bits per heavy atom. The van der Waals surface area contributed by atoms with Crippen molar-refractivity contribution in [3.05, 3.63) is 48.0 Å². The number of rotatable bonds is 3. The number of para-hydroxylation sites is 3. The number of hydrogen-bond acceptors (Lipinski definition) is 5. The Morgan fingerprint density at radius 1 is 1.15 bits per heavy atom. The van der Waals surface area contributed by atoms with Crippen molar-refractivity contribution in [3.63, 3.8) is 0 Å². The van der Waals surface area contributed by atoms with Crippen LogP contribution >= 0.6 is 0 Å². The van der Waals surface area contributed by atoms with E-state index in [0.29, 0.717) is 23.0 Å². The number of benzene rings is 2. The molecule has 2 aromatic carbocycles. The molecule has 26 heavy (non-hydrogen) atoms. The number of amides is 1. The molecule has 0 unspecified atom stereocenters. The number of anilines is 1. The van der Waals surface area contributed by atoms with E-state index in [0.717, 1.165) is 11.0 Å². The molecule has 2 heterocycles. The van der Waals surface area contributed by atoms with E-state index >= 15 is 0 Å². The molecule has 0 radical (unpaired) electrons. The van der Waals surface area contributed by atoms with Crippen molar-refractivity contribution >= 4 is 22.9 Å². The largest absolute Gasteiger partial charge is 0.493 e. The van der Waals surface area contributed by atoms with Gasteiger partial charge in [-0.25, -0.2) is 4.98 Å². The Bertz CT molecular complexity index is 1050. The summed E-state index contributed by atoms with van der Waals surface area (Å²) in [5.41, 5.74) is 2.27. The maximum absolute atomic E-state index is 12.5. The van der Waals surface area contributed by atoms with Crippen LogP contribution in [0.5, 0.6) is 11.5 Å². The van der Waals surface area contributed by atoms with Crippen LogP contribution in [-0.2, 0) is 4.79 Å². The van der Waals surface area contributed by atoms with Crippen molar-refractivity contribution in [3.8, 4) is 17.6 Å². The molecule has 0 spiro atoms. The number of nitriles is 1. The minimum atomic E-state index is -0.930. The summed E-state index contributed by atoms with van der Waals surface area (Å²) in [4.78, 5) is 17.0. The van der Waals surface area contributed by atoms with E-state index in [1.54, 1.807) is 20.3 Å². The first kappa shape index (κ1) is 16.0. The Labute approximate surface area is 149 Å². The zero-order valence-corrected chi connectivity index (χ0v) is 14.3.